The molecule has 3 rings (SSSR count). The van der Waals surface area contributed by atoms with Gasteiger partial charge in [-0.15, -0.1) is 17.0 Å². The van der Waals surface area contributed by atoms with E-state index in [1.54, 1.807) is 0 Å². The minimum Gasteiger partial charge on any atom is -0.207 e. The summed E-state index contributed by atoms with van der Waals surface area (Å²) in [5, 5.41) is 1.46. The lowest BCUT2D eigenvalue weighted by molar-refractivity contribution is 0.376. The second-order valence-electron chi connectivity index (χ2n) is 16.7. The molecule has 0 N–H and O–H groups in total. The summed E-state index contributed by atoms with van der Waals surface area (Å²) in [4.78, 5) is 0. The van der Waals surface area contributed by atoms with E-state index >= 15 is 0 Å². The molecule has 0 radical (unpaired) electrons. The van der Waals surface area contributed by atoms with Crippen molar-refractivity contribution in [2.45, 2.75) is 98.6 Å². The fourth-order valence-electron chi connectivity index (χ4n) is 7.61. The molecular weight excluding hydrogens is 759 g/mol. The first-order valence-electron chi connectivity index (χ1n) is 16.0. The van der Waals surface area contributed by atoms with Crippen molar-refractivity contribution in [1.82, 2.24) is 0 Å². The molecule has 0 aliphatic carbocycles. The van der Waals surface area contributed by atoms with Crippen LogP contribution < -0.4 is 10.9 Å². The maximum atomic E-state index is 15.0. The normalized spacial score (nSPS) is 13.3. The molecule has 0 aliphatic heterocycles. The van der Waals surface area contributed by atoms with E-state index in [-0.39, 0.29) is 0 Å². The Morgan fingerprint density at radius 2 is 0.566 bits per heavy atom. The van der Waals surface area contributed by atoms with Gasteiger partial charge in [-0.3, -0.25) is 0 Å². The molecule has 3 aromatic carbocycles. The van der Waals surface area contributed by atoms with Crippen LogP contribution in [0.2, 0.25) is 0 Å². The average Bonchev–Trinajstić information content (AvgIpc) is 2.99. The highest BCUT2D eigenvalue weighted by Gasteiger charge is 2.49. The summed E-state index contributed by atoms with van der Waals surface area (Å²) < 4.78 is 216. The van der Waals surface area contributed by atoms with Crippen molar-refractivity contribution in [3.63, 3.8) is 0 Å². The van der Waals surface area contributed by atoms with Crippen LogP contribution in [0.4, 0.5) is 65.9 Å². The molecular formula is C36H39BF15P. The van der Waals surface area contributed by atoms with Crippen molar-refractivity contribution in [3.05, 3.63) is 98.9 Å². The zero-order chi connectivity index (χ0) is 41.8. The van der Waals surface area contributed by atoms with E-state index in [2.05, 4.69) is 62.3 Å². The molecule has 0 atom stereocenters. The van der Waals surface area contributed by atoms with Crippen LogP contribution in [-0.4, -0.2) is 22.2 Å². The Morgan fingerprint density at radius 1 is 0.358 bits per heavy atom. The van der Waals surface area contributed by atoms with Crippen LogP contribution in [0, 0.1) is 92.7 Å². The van der Waals surface area contributed by atoms with Crippen LogP contribution in [0.15, 0.2) is 6.08 Å². The van der Waals surface area contributed by atoms with Gasteiger partial charge in [0, 0.05) is 13.5 Å². The average molecular weight is 798 g/mol. The molecule has 0 saturated heterocycles. The molecule has 0 aliphatic rings. The summed E-state index contributed by atoms with van der Waals surface area (Å²) in [6.07, 6.45) is 0.362. The molecule has 0 heterocycles. The summed E-state index contributed by atoms with van der Waals surface area (Å²) in [5.41, 5.74) is -10.2. The van der Waals surface area contributed by atoms with Gasteiger partial charge in [-0.05, 0) is 67.7 Å². The Balaban J connectivity index is 0.000000636. The van der Waals surface area contributed by atoms with Gasteiger partial charge in [-0.2, -0.15) is 5.47 Å². The smallest absolute Gasteiger partial charge is 0.200 e. The van der Waals surface area contributed by atoms with Gasteiger partial charge in [0.15, 0.2) is 58.2 Å². The first-order valence-corrected chi connectivity index (χ1v) is 17.5. The van der Waals surface area contributed by atoms with Crippen LogP contribution in [0.25, 0.3) is 5.47 Å². The number of benzene rings is 3. The topological polar surface area (TPSA) is 0 Å². The molecule has 0 bridgehead atoms. The maximum Gasteiger partial charge on any atom is 0.200 e. The maximum absolute atomic E-state index is 15.0. The summed E-state index contributed by atoms with van der Waals surface area (Å²) in [6.45, 7) is 20.0. The quantitative estimate of drug-likeness (QED) is 0.0811. The van der Waals surface area contributed by atoms with Gasteiger partial charge in [-0.25, -0.2) is 65.9 Å². The van der Waals surface area contributed by atoms with Crippen molar-refractivity contribution >= 4 is 31.0 Å². The van der Waals surface area contributed by atoms with Crippen LogP contribution in [0.5, 0.6) is 0 Å². The molecule has 296 valence electrons. The first kappa shape index (κ1) is 46.0. The Hall–Kier alpha value is -3.16. The SMILES string of the molecule is CC(C)(C)/C=C(/[BH-](c1c(F)c(F)c(F)c(F)c1F)c1c(F)c(F)c(F)c(F)c1F)c1c(F)c(F)c(F)c(F)c1F.CC(C)(C)[PH+](C(C)(C)C)C(C)(C)C. The van der Waals surface area contributed by atoms with Crippen LogP contribution in [-0.2, 0) is 0 Å². The number of hydrogen-bond donors (Lipinski definition) is 0. The van der Waals surface area contributed by atoms with Gasteiger partial charge in [0.25, 0.3) is 0 Å². The lowest BCUT2D eigenvalue weighted by atomic mass is 9.34. The van der Waals surface area contributed by atoms with Crippen molar-refractivity contribution in [2.75, 3.05) is 0 Å². The Kier molecular flexibility index (Phi) is 13.5. The van der Waals surface area contributed by atoms with Crippen LogP contribution in [0.1, 0.15) is 88.6 Å². The second-order valence-corrected chi connectivity index (χ2v) is 22.0. The highest BCUT2D eigenvalue weighted by Crippen LogP contribution is 2.67. The Labute approximate surface area is 299 Å². The van der Waals surface area contributed by atoms with Crippen LogP contribution in [0.3, 0.4) is 0 Å². The molecule has 0 fully saturated rings. The highest BCUT2D eigenvalue weighted by atomic mass is 31.1. The summed E-state index contributed by atoms with van der Waals surface area (Å²) in [6, 6.07) is 0. The minimum absolute atomic E-state index is 0.362. The molecule has 0 saturated carbocycles. The monoisotopic (exact) mass is 798 g/mol. The molecule has 17 heteroatoms. The van der Waals surface area contributed by atoms with Crippen molar-refractivity contribution in [3.8, 4) is 0 Å². The lowest BCUT2D eigenvalue weighted by Gasteiger charge is -2.42. The number of halogens is 15. The summed E-state index contributed by atoms with van der Waals surface area (Å²) >= 11 is 0. The molecule has 0 nitrogen and oxygen atoms in total. The largest absolute Gasteiger partial charge is 0.207 e. The first-order chi connectivity index (χ1) is 23.6. The summed E-state index contributed by atoms with van der Waals surface area (Å²) in [5.74, 6) is -42.6. The Bertz CT molecular complexity index is 1740. The standard InChI is InChI=1S/C24H11BF15.C12H27P/c1-24(2,3)4-5(6-9(26)15(32)21(38)16(33)10(6)27)25(7-11(28)17(34)22(39)18(35)12(7)29)8-13(30)19(36)23(40)20(37)14(8)31;1-10(2,3)13(11(4,5)6)12(7,8)9/h4,25H,1-3H3;1-9H3/q-1;/p+1/b5-4+;. The number of rotatable bonds is 4. The van der Waals surface area contributed by atoms with Crippen molar-refractivity contribution in [2.24, 2.45) is 5.41 Å². The predicted molar refractivity (Wildman–Crippen MR) is 180 cm³/mol. The molecule has 0 aromatic heterocycles. The van der Waals surface area contributed by atoms with E-state index in [9.17, 15) is 65.9 Å². The van der Waals surface area contributed by atoms with Crippen molar-refractivity contribution in [1.29, 1.82) is 0 Å². The van der Waals surface area contributed by atoms with E-state index in [1.165, 1.54) is 0 Å². The zero-order valence-corrected chi connectivity index (χ0v) is 32.0. The third-order valence-corrected chi connectivity index (χ3v) is 12.6. The fraction of sp³-hybridized carbons (Fsp3) is 0.444. The fourth-order valence-corrected chi connectivity index (χ4v) is 14.4. The van der Waals surface area contributed by atoms with Gasteiger partial charge in [0.1, 0.15) is 23.3 Å². The van der Waals surface area contributed by atoms with E-state index < -0.39 is 129 Å². The van der Waals surface area contributed by atoms with Gasteiger partial charge in [0.2, 0.25) is 5.82 Å². The predicted octanol–water partition coefficient (Wildman–Crippen LogP) is 11.4. The summed E-state index contributed by atoms with van der Waals surface area (Å²) in [7, 11) is -0.391. The Morgan fingerprint density at radius 3 is 0.755 bits per heavy atom. The molecule has 0 amide bonds. The number of allylic oxidation sites excluding steroid dienone is 1. The van der Waals surface area contributed by atoms with Crippen molar-refractivity contribution < 1.29 is 65.9 Å². The van der Waals surface area contributed by atoms with Gasteiger partial charge < -0.3 is 0 Å². The minimum atomic E-state index is -4.84. The van der Waals surface area contributed by atoms with Gasteiger partial charge in [-0.1, -0.05) is 20.8 Å². The van der Waals surface area contributed by atoms with Crippen LogP contribution >= 0.6 is 7.92 Å². The lowest BCUT2D eigenvalue weighted by Crippen LogP contribution is -2.52. The number of hydrogen-bond acceptors (Lipinski definition) is 0. The van der Waals surface area contributed by atoms with Gasteiger partial charge in [0.05, 0.1) is 22.2 Å². The molecule has 53 heavy (non-hydrogen) atoms. The van der Waals surface area contributed by atoms with E-state index in [0.717, 1.165) is 20.8 Å². The second kappa shape index (κ2) is 15.5. The third kappa shape index (κ3) is 9.22. The molecule has 3 aromatic rings. The highest BCUT2D eigenvalue weighted by molar-refractivity contribution is 7.62. The van der Waals surface area contributed by atoms with E-state index in [1.807, 2.05) is 0 Å². The van der Waals surface area contributed by atoms with Gasteiger partial charge >= 0.3 is 0 Å². The zero-order valence-electron chi connectivity index (χ0n) is 31.0. The third-order valence-electron chi connectivity index (χ3n) is 8.08. The molecule has 0 spiro atoms. The van der Waals surface area contributed by atoms with E-state index in [4.69, 9.17) is 0 Å². The molecule has 0 unspecified atom stereocenters. The van der Waals surface area contributed by atoms with E-state index in [0.29, 0.717) is 21.5 Å².